The number of nitriles is 1. The normalized spacial score (nSPS) is 11.6. The number of fused-ring (bicyclic) bond motifs is 1. The first-order valence-electron chi connectivity index (χ1n) is 6.55. The zero-order valence-electron chi connectivity index (χ0n) is 12.3. The van der Waals surface area contributed by atoms with Crippen molar-refractivity contribution in [3.05, 3.63) is 40.9 Å². The predicted molar refractivity (Wildman–Crippen MR) is 86.8 cm³/mol. The van der Waals surface area contributed by atoms with Crippen molar-refractivity contribution in [2.45, 2.75) is 11.9 Å². The number of nitrogens with one attached hydrogen (secondary N) is 2. The molecule has 0 atom stereocenters. The Morgan fingerprint density at radius 3 is 2.78 bits per heavy atom. The zero-order valence-corrected chi connectivity index (χ0v) is 13.8. The Hall–Kier alpha value is -2.50. The summed E-state index contributed by atoms with van der Waals surface area (Å²) in [4.78, 5) is 6.75. The summed E-state index contributed by atoms with van der Waals surface area (Å²) in [5, 5.41) is 9.60. The van der Waals surface area contributed by atoms with Crippen LogP contribution in [0, 0.1) is 18.3 Å². The number of aromatic amines is 1. The fraction of sp³-hybridized carbons (Fsp3) is 0.143. The third kappa shape index (κ3) is 2.44. The Morgan fingerprint density at radius 1 is 1.43 bits per heavy atom. The molecule has 0 aliphatic rings. The van der Waals surface area contributed by atoms with E-state index in [0.717, 1.165) is 5.56 Å². The minimum Gasteiger partial charge on any atom is -0.358 e. The van der Waals surface area contributed by atoms with Gasteiger partial charge in [-0.1, -0.05) is 17.7 Å². The fourth-order valence-corrected chi connectivity index (χ4v) is 3.87. The molecule has 0 saturated carbocycles. The topological polar surface area (TPSA) is 104 Å². The van der Waals surface area contributed by atoms with Crippen molar-refractivity contribution in [3.8, 4) is 6.07 Å². The molecular formula is C14H12ClN5O2S. The molecule has 23 heavy (non-hydrogen) atoms. The fourth-order valence-electron chi connectivity index (χ4n) is 2.36. The maximum Gasteiger partial charge on any atom is 0.282 e. The number of H-pyrrole nitrogens is 1. The maximum atomic E-state index is 12.5. The smallest absolute Gasteiger partial charge is 0.282 e. The van der Waals surface area contributed by atoms with E-state index in [1.54, 1.807) is 25.4 Å². The van der Waals surface area contributed by atoms with E-state index in [1.165, 1.54) is 10.9 Å². The number of sulfonamides is 1. The van der Waals surface area contributed by atoms with Gasteiger partial charge in [0, 0.05) is 18.6 Å². The van der Waals surface area contributed by atoms with Gasteiger partial charge in [0.2, 0.25) is 5.03 Å². The highest BCUT2D eigenvalue weighted by atomic mass is 35.5. The maximum absolute atomic E-state index is 12.5. The minimum absolute atomic E-state index is 0.0186. The molecule has 0 unspecified atom stereocenters. The van der Waals surface area contributed by atoms with Gasteiger partial charge in [-0.15, -0.1) is 0 Å². The summed E-state index contributed by atoms with van der Waals surface area (Å²) in [6.07, 6.45) is 2.87. The van der Waals surface area contributed by atoms with Crippen molar-refractivity contribution in [1.29, 1.82) is 5.26 Å². The molecule has 9 heteroatoms. The lowest BCUT2D eigenvalue weighted by atomic mass is 10.1. The van der Waals surface area contributed by atoms with Gasteiger partial charge in [-0.2, -0.15) is 13.7 Å². The molecule has 3 rings (SSSR count). The van der Waals surface area contributed by atoms with Crippen LogP contribution in [-0.2, 0) is 17.1 Å². The summed E-state index contributed by atoms with van der Waals surface area (Å²) >= 11 is 5.96. The third-order valence-electron chi connectivity index (χ3n) is 3.50. The van der Waals surface area contributed by atoms with Gasteiger partial charge in [0.15, 0.2) is 0 Å². The van der Waals surface area contributed by atoms with E-state index >= 15 is 0 Å². The van der Waals surface area contributed by atoms with Gasteiger partial charge in [0.05, 0.1) is 23.1 Å². The van der Waals surface area contributed by atoms with E-state index in [9.17, 15) is 8.42 Å². The lowest BCUT2D eigenvalue weighted by Crippen LogP contribution is -2.14. The average molecular weight is 350 g/mol. The number of hydrogen-bond acceptors (Lipinski definition) is 4. The van der Waals surface area contributed by atoms with Crippen LogP contribution in [0.3, 0.4) is 0 Å². The standard InChI is InChI=1S/C14H12ClN5O2S/c1-8-3-4-10(12-11(8)9(5-16)6-17-12)19-23(21,22)14-13(15)20(2)7-18-14/h3-4,6-7,17,19H,1-2H3. The van der Waals surface area contributed by atoms with E-state index in [4.69, 9.17) is 16.9 Å². The van der Waals surface area contributed by atoms with Crippen molar-refractivity contribution < 1.29 is 8.42 Å². The van der Waals surface area contributed by atoms with Crippen molar-refractivity contribution in [2.75, 3.05) is 4.72 Å². The first kappa shape index (κ1) is 15.4. The molecule has 2 N–H and O–H groups in total. The molecule has 0 bridgehead atoms. The van der Waals surface area contributed by atoms with Crippen LogP contribution in [0.2, 0.25) is 5.15 Å². The second-order valence-electron chi connectivity index (χ2n) is 5.05. The quantitative estimate of drug-likeness (QED) is 0.758. The molecule has 0 saturated heterocycles. The number of aryl methyl sites for hydroxylation is 2. The number of imidazole rings is 1. The minimum atomic E-state index is -3.94. The van der Waals surface area contributed by atoms with Gasteiger partial charge in [0.25, 0.3) is 10.0 Å². The van der Waals surface area contributed by atoms with Gasteiger partial charge < -0.3 is 9.55 Å². The van der Waals surface area contributed by atoms with Gasteiger partial charge >= 0.3 is 0 Å². The Kier molecular flexibility index (Phi) is 3.55. The van der Waals surface area contributed by atoms with Crippen LogP contribution in [-0.4, -0.2) is 23.0 Å². The molecular weight excluding hydrogens is 338 g/mol. The van der Waals surface area contributed by atoms with Gasteiger partial charge in [0.1, 0.15) is 11.2 Å². The van der Waals surface area contributed by atoms with Crippen LogP contribution in [0.1, 0.15) is 11.1 Å². The molecule has 7 nitrogen and oxygen atoms in total. The summed E-state index contributed by atoms with van der Waals surface area (Å²) in [5.74, 6) is 0. The first-order chi connectivity index (χ1) is 10.8. The monoisotopic (exact) mass is 349 g/mol. The van der Waals surface area contributed by atoms with Crippen molar-refractivity contribution in [2.24, 2.45) is 7.05 Å². The lowest BCUT2D eigenvalue weighted by Gasteiger charge is -2.09. The van der Waals surface area contributed by atoms with E-state index in [2.05, 4.69) is 20.8 Å². The molecule has 0 fully saturated rings. The Labute approximate surface area is 137 Å². The molecule has 3 aromatic rings. The molecule has 0 amide bonds. The molecule has 118 valence electrons. The van der Waals surface area contributed by atoms with Gasteiger partial charge in [-0.25, -0.2) is 4.98 Å². The van der Waals surface area contributed by atoms with E-state index in [0.29, 0.717) is 22.2 Å². The van der Waals surface area contributed by atoms with E-state index < -0.39 is 10.0 Å². The number of anilines is 1. The summed E-state index contributed by atoms with van der Waals surface area (Å²) in [6.45, 7) is 1.85. The summed E-state index contributed by atoms with van der Waals surface area (Å²) in [7, 11) is -2.34. The molecule has 0 spiro atoms. The van der Waals surface area contributed by atoms with Crippen LogP contribution in [0.15, 0.2) is 29.7 Å². The third-order valence-corrected chi connectivity index (χ3v) is 5.35. The summed E-state index contributed by atoms with van der Waals surface area (Å²) in [5.41, 5.74) is 2.19. The average Bonchev–Trinajstić information content (AvgIpc) is 3.07. The molecule has 0 aliphatic heterocycles. The molecule has 1 aromatic carbocycles. The van der Waals surface area contributed by atoms with Crippen molar-refractivity contribution in [1.82, 2.24) is 14.5 Å². The second kappa shape index (κ2) is 5.30. The summed E-state index contributed by atoms with van der Waals surface area (Å²) < 4.78 is 28.9. The van der Waals surface area contributed by atoms with Crippen LogP contribution < -0.4 is 4.72 Å². The number of nitrogens with zero attached hydrogens (tertiary/aromatic N) is 3. The molecule has 2 heterocycles. The highest BCUT2D eigenvalue weighted by molar-refractivity contribution is 7.92. The van der Waals surface area contributed by atoms with Crippen LogP contribution in [0.4, 0.5) is 5.69 Å². The zero-order chi connectivity index (χ0) is 16.8. The second-order valence-corrected chi connectivity index (χ2v) is 7.01. The predicted octanol–water partition coefficient (Wildman–Crippen LogP) is 2.54. The van der Waals surface area contributed by atoms with E-state index in [-0.39, 0.29) is 10.2 Å². The van der Waals surface area contributed by atoms with Crippen LogP contribution >= 0.6 is 11.6 Å². The summed E-state index contributed by atoms with van der Waals surface area (Å²) in [6, 6.07) is 5.45. The Morgan fingerprint density at radius 2 is 2.17 bits per heavy atom. The molecule has 0 aliphatic carbocycles. The largest absolute Gasteiger partial charge is 0.358 e. The Balaban J connectivity index is 2.12. The SMILES string of the molecule is Cc1ccc(NS(=O)(=O)c2ncn(C)c2Cl)c2[nH]cc(C#N)c12. The van der Waals surface area contributed by atoms with Crippen molar-refractivity contribution in [3.63, 3.8) is 0 Å². The van der Waals surface area contributed by atoms with Crippen LogP contribution in [0.25, 0.3) is 10.9 Å². The molecule has 0 radical (unpaired) electrons. The number of rotatable bonds is 3. The number of aromatic nitrogens is 3. The number of benzene rings is 1. The van der Waals surface area contributed by atoms with E-state index in [1.807, 2.05) is 6.92 Å². The first-order valence-corrected chi connectivity index (χ1v) is 8.41. The number of hydrogen-bond donors (Lipinski definition) is 2. The number of halogens is 1. The molecule has 2 aromatic heterocycles. The lowest BCUT2D eigenvalue weighted by molar-refractivity contribution is 0.598. The highest BCUT2D eigenvalue weighted by Gasteiger charge is 2.24. The highest BCUT2D eigenvalue weighted by Crippen LogP contribution is 2.30. The van der Waals surface area contributed by atoms with Gasteiger partial charge in [-0.05, 0) is 18.6 Å². The van der Waals surface area contributed by atoms with Crippen molar-refractivity contribution >= 4 is 38.2 Å². The van der Waals surface area contributed by atoms with Crippen LogP contribution in [0.5, 0.6) is 0 Å². The van der Waals surface area contributed by atoms with Gasteiger partial charge in [-0.3, -0.25) is 4.72 Å². The Bertz CT molecular complexity index is 1060.